The van der Waals surface area contributed by atoms with E-state index in [0.717, 1.165) is 0 Å². The van der Waals surface area contributed by atoms with Crippen molar-refractivity contribution in [2.24, 2.45) is 11.7 Å². The highest BCUT2D eigenvalue weighted by Crippen LogP contribution is 2.29. The van der Waals surface area contributed by atoms with Crippen LogP contribution in [0.1, 0.15) is 23.7 Å². The average molecular weight is 525 g/mol. The number of hydrogen-bond donors (Lipinski definition) is 10. The van der Waals surface area contributed by atoms with E-state index in [1.807, 2.05) is 0 Å². The SMILES string of the molecule is C[C@H]1[C@H]([C@H](OC(=O)NCCCNC(=O)c2cc(N)ccc2O)[C@H](O)CO)OC(C(=O)O)=C[C@@H]1NC(=N)N. The molecule has 2 rings (SSSR count). The highest BCUT2D eigenvalue weighted by molar-refractivity contribution is 5.97. The Balaban J connectivity index is 1.95. The van der Waals surface area contributed by atoms with Gasteiger partial charge in [0, 0.05) is 24.7 Å². The number of guanidine groups is 1. The van der Waals surface area contributed by atoms with Crippen LogP contribution < -0.4 is 27.4 Å². The van der Waals surface area contributed by atoms with E-state index in [1.165, 1.54) is 24.3 Å². The monoisotopic (exact) mass is 524 g/mol. The molecule has 12 N–H and O–H groups in total. The number of carboxylic acid groups (broad SMARTS) is 1. The minimum Gasteiger partial charge on any atom is -0.507 e. The molecule has 1 heterocycles. The summed E-state index contributed by atoms with van der Waals surface area (Å²) in [4.78, 5) is 36.1. The molecule has 0 bridgehead atoms. The molecule has 0 fully saturated rings. The van der Waals surface area contributed by atoms with Crippen molar-refractivity contribution in [1.29, 1.82) is 5.41 Å². The molecule has 0 saturated heterocycles. The number of aromatic hydroxyl groups is 1. The number of phenols is 1. The van der Waals surface area contributed by atoms with Crippen LogP contribution in [0, 0.1) is 11.3 Å². The number of nitrogens with two attached hydrogens (primary N) is 2. The number of ether oxygens (including phenoxy) is 2. The maximum atomic E-state index is 12.4. The third-order valence-corrected chi connectivity index (χ3v) is 5.52. The molecular weight excluding hydrogens is 492 g/mol. The number of aliphatic hydroxyl groups excluding tert-OH is 2. The summed E-state index contributed by atoms with van der Waals surface area (Å²) in [5, 5.41) is 53.9. The number of carbonyl (C=O) groups excluding carboxylic acids is 2. The van der Waals surface area contributed by atoms with Crippen molar-refractivity contribution in [3.05, 3.63) is 35.6 Å². The summed E-state index contributed by atoms with van der Waals surface area (Å²) in [6.45, 7) is 0.952. The van der Waals surface area contributed by atoms with Gasteiger partial charge in [-0.25, -0.2) is 9.59 Å². The lowest BCUT2D eigenvalue weighted by molar-refractivity contribution is -0.147. The van der Waals surface area contributed by atoms with Gasteiger partial charge in [0.25, 0.3) is 5.91 Å². The summed E-state index contributed by atoms with van der Waals surface area (Å²) < 4.78 is 10.7. The number of nitrogen functional groups attached to an aromatic ring is 1. The number of aliphatic carboxylic acids is 1. The number of rotatable bonds is 11. The van der Waals surface area contributed by atoms with Gasteiger partial charge in [-0.05, 0) is 30.7 Å². The lowest BCUT2D eigenvalue weighted by Gasteiger charge is -2.39. The van der Waals surface area contributed by atoms with Crippen LogP contribution in [0.5, 0.6) is 5.75 Å². The normalized spacial score (nSPS) is 20.4. The van der Waals surface area contributed by atoms with Gasteiger partial charge in [-0.3, -0.25) is 10.2 Å². The predicted molar refractivity (Wildman–Crippen MR) is 129 cm³/mol. The molecular formula is C22H32N6O9. The number of anilines is 1. The predicted octanol–water partition coefficient (Wildman–Crippen LogP) is -1.60. The largest absolute Gasteiger partial charge is 0.507 e. The summed E-state index contributed by atoms with van der Waals surface area (Å²) in [6, 6.07) is 3.26. The van der Waals surface area contributed by atoms with E-state index >= 15 is 0 Å². The second-order valence-electron chi connectivity index (χ2n) is 8.29. The van der Waals surface area contributed by atoms with Crippen molar-refractivity contribution >= 4 is 29.6 Å². The quantitative estimate of drug-likeness (QED) is 0.0515. The number of carbonyl (C=O) groups is 3. The van der Waals surface area contributed by atoms with Crippen LogP contribution in [0.4, 0.5) is 10.5 Å². The molecule has 1 aliphatic heterocycles. The Kier molecular flexibility index (Phi) is 10.3. The van der Waals surface area contributed by atoms with Crippen molar-refractivity contribution in [2.45, 2.75) is 37.7 Å². The second kappa shape index (κ2) is 13.2. The third-order valence-electron chi connectivity index (χ3n) is 5.52. The summed E-state index contributed by atoms with van der Waals surface area (Å²) >= 11 is 0. The van der Waals surface area contributed by atoms with Gasteiger partial charge in [-0.2, -0.15) is 0 Å². The number of carboxylic acids is 1. The molecule has 204 valence electrons. The Morgan fingerprint density at radius 3 is 2.54 bits per heavy atom. The third kappa shape index (κ3) is 8.15. The smallest absolute Gasteiger partial charge is 0.407 e. The molecule has 0 saturated carbocycles. The van der Waals surface area contributed by atoms with Crippen LogP contribution in [0.3, 0.4) is 0 Å². The molecule has 0 spiro atoms. The van der Waals surface area contributed by atoms with E-state index in [-0.39, 0.29) is 30.8 Å². The van der Waals surface area contributed by atoms with E-state index in [4.69, 9.17) is 26.4 Å². The van der Waals surface area contributed by atoms with Gasteiger partial charge in [0.2, 0.25) is 5.76 Å². The first-order chi connectivity index (χ1) is 17.4. The first-order valence-electron chi connectivity index (χ1n) is 11.3. The van der Waals surface area contributed by atoms with Crippen LogP contribution in [0.25, 0.3) is 0 Å². The van der Waals surface area contributed by atoms with E-state index < -0.39 is 66.6 Å². The van der Waals surface area contributed by atoms with E-state index in [2.05, 4.69) is 16.0 Å². The number of benzene rings is 1. The van der Waals surface area contributed by atoms with Gasteiger partial charge >= 0.3 is 12.1 Å². The standard InChI is InChI=1S/C22H32N6O9/c1-10-13(28-21(24)25)8-16(20(33)34)36-17(10)18(15(31)9-29)37-22(35)27-6-2-5-26-19(32)12-7-11(23)3-4-14(12)30/h3-4,7-8,10,13,15,17-18,29-31H,2,5-6,9,23H2,1H3,(H,26,32)(H,27,35)(H,33,34)(H4,24,25,28)/t10-,13+,15-,17-,18-/m1/s1. The molecule has 1 aromatic carbocycles. The summed E-state index contributed by atoms with van der Waals surface area (Å²) in [6.07, 6.45) is -3.84. The summed E-state index contributed by atoms with van der Waals surface area (Å²) in [7, 11) is 0. The fourth-order valence-corrected chi connectivity index (χ4v) is 3.60. The van der Waals surface area contributed by atoms with Gasteiger partial charge < -0.3 is 57.3 Å². The Morgan fingerprint density at radius 1 is 1.24 bits per heavy atom. The Hall–Kier alpha value is -4.24. The highest BCUT2D eigenvalue weighted by Gasteiger charge is 2.43. The molecule has 0 aromatic heterocycles. The zero-order chi connectivity index (χ0) is 27.7. The molecule has 0 aliphatic carbocycles. The second-order valence-corrected chi connectivity index (χ2v) is 8.29. The first-order valence-corrected chi connectivity index (χ1v) is 11.3. The first kappa shape index (κ1) is 29.0. The number of amides is 2. The van der Waals surface area contributed by atoms with Gasteiger partial charge in [0.1, 0.15) is 18.0 Å². The Bertz CT molecular complexity index is 1030. The van der Waals surface area contributed by atoms with E-state index in [0.29, 0.717) is 5.69 Å². The lowest BCUT2D eigenvalue weighted by Crippen LogP contribution is -2.56. The number of nitrogens with one attached hydrogen (secondary N) is 4. The fourth-order valence-electron chi connectivity index (χ4n) is 3.60. The summed E-state index contributed by atoms with van der Waals surface area (Å²) in [5.74, 6) is -3.81. The molecule has 2 amide bonds. The van der Waals surface area contributed by atoms with Crippen molar-refractivity contribution in [3.8, 4) is 5.75 Å². The zero-order valence-corrected chi connectivity index (χ0v) is 20.0. The number of alkyl carbamates (subject to hydrolysis) is 1. The van der Waals surface area contributed by atoms with Crippen LogP contribution in [-0.4, -0.2) is 88.4 Å². The molecule has 1 aliphatic rings. The molecule has 37 heavy (non-hydrogen) atoms. The molecule has 5 atom stereocenters. The summed E-state index contributed by atoms with van der Waals surface area (Å²) in [5.41, 5.74) is 11.3. The van der Waals surface area contributed by atoms with Crippen molar-refractivity contribution in [1.82, 2.24) is 16.0 Å². The van der Waals surface area contributed by atoms with Gasteiger partial charge in [0.05, 0.1) is 18.2 Å². The zero-order valence-electron chi connectivity index (χ0n) is 20.0. The number of aliphatic hydroxyl groups is 2. The maximum Gasteiger partial charge on any atom is 0.407 e. The van der Waals surface area contributed by atoms with Crippen molar-refractivity contribution in [3.63, 3.8) is 0 Å². The molecule has 0 unspecified atom stereocenters. The average Bonchev–Trinajstić information content (AvgIpc) is 2.84. The van der Waals surface area contributed by atoms with E-state index in [1.54, 1.807) is 6.92 Å². The van der Waals surface area contributed by atoms with Gasteiger partial charge in [0.15, 0.2) is 12.1 Å². The van der Waals surface area contributed by atoms with Crippen LogP contribution in [-0.2, 0) is 14.3 Å². The lowest BCUT2D eigenvalue weighted by atomic mass is 9.87. The highest BCUT2D eigenvalue weighted by atomic mass is 16.6. The molecule has 1 aromatic rings. The van der Waals surface area contributed by atoms with Crippen LogP contribution in [0.15, 0.2) is 30.0 Å². The number of hydrogen-bond acceptors (Lipinski definition) is 10. The van der Waals surface area contributed by atoms with Crippen LogP contribution >= 0.6 is 0 Å². The fraction of sp³-hybridized carbons (Fsp3) is 0.455. The molecule has 0 radical (unpaired) electrons. The Morgan fingerprint density at radius 2 is 1.92 bits per heavy atom. The Labute approximate surface area is 211 Å². The van der Waals surface area contributed by atoms with Crippen LogP contribution in [0.2, 0.25) is 0 Å². The van der Waals surface area contributed by atoms with Crippen molar-refractivity contribution < 1.29 is 44.3 Å². The van der Waals surface area contributed by atoms with Gasteiger partial charge in [-0.1, -0.05) is 6.92 Å². The van der Waals surface area contributed by atoms with E-state index in [9.17, 15) is 34.8 Å². The van der Waals surface area contributed by atoms with Crippen molar-refractivity contribution in [2.75, 3.05) is 25.4 Å². The molecule has 15 heteroatoms. The molecule has 15 nitrogen and oxygen atoms in total. The maximum absolute atomic E-state index is 12.4. The topological polar surface area (TPSA) is 263 Å². The number of phenolic OH excluding ortho intramolecular Hbond substituents is 1. The minimum absolute atomic E-state index is 0.00199. The minimum atomic E-state index is -1.62. The van der Waals surface area contributed by atoms with Gasteiger partial charge in [-0.15, -0.1) is 0 Å².